The fourth-order valence-electron chi connectivity index (χ4n) is 14.6. The van der Waals surface area contributed by atoms with E-state index >= 15 is 0 Å². The third-order valence-electron chi connectivity index (χ3n) is 20.8. The number of nitrogens with zero attached hydrogens (tertiary/aromatic N) is 3. The Morgan fingerprint density at radius 2 is 0.810 bits per heavy atom. The molecule has 0 aliphatic carbocycles. The Hall–Kier alpha value is -6.59. The van der Waals surface area contributed by atoms with Gasteiger partial charge in [-0.2, -0.15) is 0 Å². The molecule has 5 atom stereocenters. The fraction of sp³-hybridized carbons (Fsp3) is 0.482. The van der Waals surface area contributed by atoms with Gasteiger partial charge in [0.15, 0.2) is 19.7 Å². The summed E-state index contributed by atoms with van der Waals surface area (Å²) in [5.74, 6) is -4.58. The van der Waals surface area contributed by atoms with Gasteiger partial charge in [-0.1, -0.05) is 106 Å². The summed E-state index contributed by atoms with van der Waals surface area (Å²) in [5.41, 5.74) is 14.8. The number of carbonyl (C=O) groups excluding carboxylic acids is 8. The smallest absolute Gasteiger partial charge is 0.333 e. The van der Waals surface area contributed by atoms with Crippen LogP contribution in [0.5, 0.6) is 0 Å². The van der Waals surface area contributed by atoms with E-state index in [1.807, 2.05) is 61.6 Å². The molecule has 0 saturated carbocycles. The van der Waals surface area contributed by atoms with Crippen LogP contribution in [0, 0.1) is 0 Å². The van der Waals surface area contributed by atoms with Crippen molar-refractivity contribution in [1.29, 1.82) is 0 Å². The van der Waals surface area contributed by atoms with Gasteiger partial charge in [-0.3, -0.25) is 28.8 Å². The molecule has 6 N–H and O–H groups in total. The number of benzene rings is 6. The highest BCUT2D eigenvalue weighted by atomic mass is 35.5. The first-order valence-electron chi connectivity index (χ1n) is 40.8. The van der Waals surface area contributed by atoms with Gasteiger partial charge in [0.1, 0.15) is 18.9 Å². The number of nitrogens with one attached hydrogen (secondary N) is 4. The maximum atomic E-state index is 13.0. The molecule has 0 radical (unpaired) electrons. The third kappa shape index (κ3) is 32.8. The van der Waals surface area contributed by atoms with Gasteiger partial charge in [0.25, 0.3) is 23.6 Å². The van der Waals surface area contributed by atoms with Gasteiger partial charge < -0.3 is 88.7 Å². The van der Waals surface area contributed by atoms with E-state index < -0.39 is 78.1 Å². The number of ketones is 1. The van der Waals surface area contributed by atoms with Crippen LogP contribution in [0.3, 0.4) is 0 Å². The zero-order chi connectivity index (χ0) is 89.7. The Morgan fingerprint density at radius 3 is 1.23 bits per heavy atom. The molecule has 0 bridgehead atoms. The van der Waals surface area contributed by atoms with E-state index in [1.165, 1.54) is 9.80 Å². The summed E-state index contributed by atoms with van der Waals surface area (Å²) in [5, 5.41) is 7.19. The van der Waals surface area contributed by atoms with Gasteiger partial charge >= 0.3 is 11.9 Å². The number of likely N-dealkylation sites (N-methyl/N-ethyl adjacent to an activating group) is 3. The minimum atomic E-state index is -3.74. The average molecular weight is 1970 g/mol. The molecule has 2 fully saturated rings. The Morgan fingerprint density at radius 1 is 0.444 bits per heavy atom. The number of rotatable bonds is 44. The lowest BCUT2D eigenvalue weighted by atomic mass is 9.85. The lowest BCUT2D eigenvalue weighted by Gasteiger charge is -2.33. The summed E-state index contributed by atoms with van der Waals surface area (Å²) in [6.07, 6.45) is 0.696. The summed E-state index contributed by atoms with van der Waals surface area (Å²) < 4.78 is 113. The second-order valence-corrected chi connectivity index (χ2v) is 38.9. The van der Waals surface area contributed by atoms with Crippen LogP contribution < -0.4 is 50.4 Å². The molecule has 5 heterocycles. The molecule has 11 rings (SSSR count). The highest BCUT2D eigenvalue weighted by Gasteiger charge is 2.37. The van der Waals surface area contributed by atoms with Gasteiger partial charge in [-0.25, -0.2) is 39.6 Å². The van der Waals surface area contributed by atoms with Crippen molar-refractivity contribution < 1.29 is 136 Å². The summed E-state index contributed by atoms with van der Waals surface area (Å²) in [6.45, 7) is 9.64. The molecule has 41 heteroatoms. The number of ether oxygens (including phenoxy) is 6. The van der Waals surface area contributed by atoms with Crippen molar-refractivity contribution in [3.05, 3.63) is 189 Å². The zero-order valence-corrected chi connectivity index (χ0v) is 78.5. The predicted molar refractivity (Wildman–Crippen MR) is 464 cm³/mol. The largest absolute Gasteiger partial charge is 1.00 e. The number of amides is 5. The number of imide groups is 2. The highest BCUT2D eigenvalue weighted by molar-refractivity contribution is 7.91. The molecule has 0 spiro atoms. The molecular weight excluding hydrogens is 1860 g/mol. The van der Waals surface area contributed by atoms with Crippen LogP contribution in [0.1, 0.15) is 145 Å². The predicted octanol–water partition coefficient (Wildman–Crippen LogP) is 1.79. The van der Waals surface area contributed by atoms with E-state index in [0.717, 1.165) is 89.3 Å². The van der Waals surface area contributed by atoms with Gasteiger partial charge in [0.05, 0.1) is 148 Å². The number of Topliss-reactive ketones (excluding diaryl/α,β-unsaturated/α-hetero) is 1. The molecule has 5 amide bonds. The number of sulfonamides is 1. The summed E-state index contributed by atoms with van der Waals surface area (Å²) in [7, 11) is -4.34. The number of sulfone groups is 2. The molecule has 5 aliphatic heterocycles. The molecule has 30 nitrogen and oxygen atoms in total. The van der Waals surface area contributed by atoms with Crippen molar-refractivity contribution >= 4 is 147 Å². The number of halogens is 8. The van der Waals surface area contributed by atoms with Crippen molar-refractivity contribution in [3.63, 3.8) is 0 Å². The van der Waals surface area contributed by atoms with E-state index in [2.05, 4.69) is 38.7 Å². The average Bonchev–Trinajstić information content (AvgIpc) is 0.917. The number of hydrogen-bond donors (Lipinski definition) is 5. The lowest BCUT2D eigenvalue weighted by Crippen LogP contribution is -3.09. The molecular formula is C85H106Cl8N8O22S3. The van der Waals surface area contributed by atoms with Crippen molar-refractivity contribution in [2.24, 2.45) is 5.73 Å². The molecule has 126 heavy (non-hydrogen) atoms. The molecule has 6 aromatic carbocycles. The Labute approximate surface area is 777 Å². The number of nitrogens with two attached hydrogens (primary N) is 1. The minimum absolute atomic E-state index is 0. The van der Waals surface area contributed by atoms with E-state index in [4.69, 9.17) is 104 Å². The van der Waals surface area contributed by atoms with Crippen LogP contribution in [-0.2, 0) is 126 Å². The second-order valence-electron chi connectivity index (χ2n) is 30.4. The van der Waals surface area contributed by atoms with Gasteiger partial charge in [0, 0.05) is 135 Å². The molecule has 6 aromatic rings. The second kappa shape index (κ2) is 52.5. The molecule has 5 aliphatic rings. The molecule has 0 aromatic heterocycles. The Balaban J connectivity index is 0.000000317. The number of fused-ring (bicyclic) bond motifs is 3. The summed E-state index contributed by atoms with van der Waals surface area (Å²) in [4.78, 5) is 107. The van der Waals surface area contributed by atoms with Crippen molar-refractivity contribution in [2.75, 3.05) is 151 Å². The topological polar surface area (TPSA) is 381 Å². The van der Waals surface area contributed by atoms with Gasteiger partial charge in [0.2, 0.25) is 15.9 Å². The Bertz CT molecular complexity index is 4790. The first-order valence-corrected chi connectivity index (χ1v) is 47.8. The van der Waals surface area contributed by atoms with Crippen LogP contribution in [0.2, 0.25) is 30.1 Å². The lowest BCUT2D eigenvalue weighted by molar-refractivity contribution is -0.897. The van der Waals surface area contributed by atoms with Crippen LogP contribution in [0.25, 0.3) is 0 Å². The maximum absolute atomic E-state index is 13.0. The molecule has 2 saturated heterocycles. The van der Waals surface area contributed by atoms with Crippen molar-refractivity contribution in [2.45, 2.75) is 129 Å². The Kier molecular flexibility index (Phi) is 44.3. The van der Waals surface area contributed by atoms with Crippen LogP contribution in [0.15, 0.2) is 124 Å². The van der Waals surface area contributed by atoms with Crippen molar-refractivity contribution in [3.8, 4) is 0 Å². The zero-order valence-electron chi connectivity index (χ0n) is 70.0. The summed E-state index contributed by atoms with van der Waals surface area (Å²) in [6, 6.07) is 32.3. The van der Waals surface area contributed by atoms with Gasteiger partial charge in [-0.05, 0) is 138 Å². The molecule has 692 valence electrons. The standard InChI is InChI=1S/C50H62Cl4N4O10S2.C23H30Cl2N2O4S.C12H12N2O8.2ClH/c1-57-31-44(42-27-37(51)29-48(53)46(42)33-57)35-6-11-40(12-7-35)69(61,62)26-4-19-66-23-24-67-20-16-55-50(60)15-10-39(59)5-3-18-65-22-25-68-21-17-56-70(63,64)41-13-8-36(9-14-41)45-32-58(2)34-47-43(45)28-38(52)30-49(47)54;1-27-15-21(20-13-18(24)14-23(25)22(20)16-27)17-3-5-19(6-4-17)32(28,29)12-2-8-30-10-11-31-9-7-26;15-7-1-2-8(16)13(7)21-11(19)5-6-12(20)22-14-9(17)3-4-10(14)18;;/h6-9,11-14,27-30,44-45,56H,3-5,10,15-26,31-34H2,1-2H3,(H,55,60);3-6,13-14,21H,2,7-12,15-16,26H2,1H3;1-6H2;2*1H/t44-,45-;21-;;;/m00.../s1. The van der Waals surface area contributed by atoms with Gasteiger partial charge in [-0.15, -0.1) is 10.1 Å². The number of hydrogen-bond acceptors (Lipinski definition) is 24. The fourth-order valence-corrected chi connectivity index (χ4v) is 19.9. The first kappa shape index (κ1) is 106. The van der Waals surface area contributed by atoms with E-state index in [-0.39, 0.29) is 173 Å². The van der Waals surface area contributed by atoms with Crippen LogP contribution in [-0.4, -0.2) is 239 Å². The SMILES string of the molecule is CN1Cc2c(Cl)cc(Cl)cc2[C@H](c2ccc(S(=O)(=O)CCCOCCOCCN)cc2)C1.C[NH+]1Cc2c(Cl)cc(Cl)cc2[C@H](c2ccc(S(=O)(=O)CCCOCCOCCNC(=O)CCC(=O)CCCOCCOCCNS(=O)(=O)c3ccc([C@@H]4C[NH+](C)Cc5c(Cl)cc(Cl)cc54)cc3)cc2)C1.O=C(CCC(=O)ON1C(=O)CCC1=O)ON1C(=O)CCC1=O.[Cl-].[Cl-]. The van der Waals surface area contributed by atoms with E-state index in [9.17, 15) is 63.6 Å². The highest BCUT2D eigenvalue weighted by Crippen LogP contribution is 2.41. The van der Waals surface area contributed by atoms with Crippen molar-refractivity contribution in [1.82, 2.24) is 25.1 Å². The molecule has 2 unspecified atom stereocenters. The van der Waals surface area contributed by atoms with E-state index in [0.29, 0.717) is 111 Å². The monoisotopic (exact) mass is 1970 g/mol. The van der Waals surface area contributed by atoms with Crippen LogP contribution >= 0.6 is 69.6 Å². The van der Waals surface area contributed by atoms with E-state index in [1.54, 1.807) is 54.6 Å². The minimum Gasteiger partial charge on any atom is -1.00 e. The third-order valence-corrected chi connectivity index (χ3v) is 27.5. The normalized spacial score (nSPS) is 17.5. The number of hydroxylamine groups is 4. The number of carbonyl (C=O) groups is 8. The maximum Gasteiger partial charge on any atom is 0.333 e. The quantitative estimate of drug-likeness (QED) is 0.0269. The van der Waals surface area contributed by atoms with Crippen LogP contribution in [0.4, 0.5) is 0 Å². The number of quaternary nitrogens is 2. The summed E-state index contributed by atoms with van der Waals surface area (Å²) >= 11 is 38.4. The first-order chi connectivity index (χ1) is 59.2.